The first kappa shape index (κ1) is 44.1. The molecular formula is C37H72N2O7S. The van der Waals surface area contributed by atoms with Crippen LogP contribution in [0.25, 0.3) is 0 Å². The van der Waals surface area contributed by atoms with Crippen LogP contribution in [0.4, 0.5) is 0 Å². The van der Waals surface area contributed by atoms with Crippen molar-refractivity contribution in [3.05, 3.63) is 0 Å². The molecule has 1 fully saturated rings. The number of carbonyl (C=O) groups excluding carboxylic acids is 2. The second-order valence-electron chi connectivity index (χ2n) is 13.8. The molecule has 47 heavy (non-hydrogen) atoms. The van der Waals surface area contributed by atoms with Crippen LogP contribution in [0.2, 0.25) is 0 Å². The lowest BCUT2D eigenvalue weighted by atomic mass is 9.91. The van der Waals surface area contributed by atoms with Crippen LogP contribution in [0, 0.1) is 0 Å². The minimum Gasteiger partial charge on any atom is -0.394 e. The van der Waals surface area contributed by atoms with Crippen molar-refractivity contribution in [2.45, 2.75) is 210 Å². The van der Waals surface area contributed by atoms with Crippen molar-refractivity contribution >= 4 is 24.4 Å². The molecule has 7 atom stereocenters. The third-order valence-electron chi connectivity index (χ3n) is 9.54. The van der Waals surface area contributed by atoms with Gasteiger partial charge in [0.05, 0.1) is 11.9 Å². The van der Waals surface area contributed by atoms with Crippen molar-refractivity contribution in [2.24, 2.45) is 0 Å². The van der Waals surface area contributed by atoms with Gasteiger partial charge in [-0.25, -0.2) is 0 Å². The van der Waals surface area contributed by atoms with Gasteiger partial charge in [-0.3, -0.25) is 9.59 Å². The summed E-state index contributed by atoms with van der Waals surface area (Å²) >= 11 is 4.58. The van der Waals surface area contributed by atoms with Gasteiger partial charge in [0.2, 0.25) is 11.8 Å². The first-order chi connectivity index (χ1) is 22.8. The van der Waals surface area contributed by atoms with Gasteiger partial charge >= 0.3 is 0 Å². The fraction of sp³-hybridized carbons (Fsp3) is 0.946. The molecular weight excluding hydrogens is 616 g/mol. The summed E-state index contributed by atoms with van der Waals surface area (Å²) in [5.74, 6) is -0.715. The van der Waals surface area contributed by atoms with Gasteiger partial charge < -0.3 is 35.8 Å². The van der Waals surface area contributed by atoms with Crippen LogP contribution in [0.5, 0.6) is 0 Å². The molecule has 0 aliphatic carbocycles. The lowest BCUT2D eigenvalue weighted by Gasteiger charge is -2.43. The highest BCUT2D eigenvalue weighted by molar-refractivity contribution is 7.81. The smallest absolute Gasteiger partial charge is 0.243 e. The highest BCUT2D eigenvalue weighted by atomic mass is 32.1. The minimum atomic E-state index is -1.59. The molecule has 0 radical (unpaired) electrons. The summed E-state index contributed by atoms with van der Waals surface area (Å²) in [5.41, 5.74) is 0. The quantitative estimate of drug-likeness (QED) is 0.0355. The SMILES string of the molecule is CCCCCCCCCCCCCCNC(=O)[C@@H](NC(=O)CCCCCCCCCCCCC)C(S)[C@@H]1O[C@H](CO)[C@H](O)[C@H](O)[C@H]1O. The van der Waals surface area contributed by atoms with Crippen molar-refractivity contribution in [3.8, 4) is 0 Å². The number of thiol groups is 1. The fourth-order valence-corrected chi connectivity index (χ4v) is 6.85. The second-order valence-corrected chi connectivity index (χ2v) is 14.4. The van der Waals surface area contributed by atoms with E-state index in [2.05, 4.69) is 37.1 Å². The molecule has 6 N–H and O–H groups in total. The molecule has 0 aromatic carbocycles. The minimum absolute atomic E-state index is 0.273. The monoisotopic (exact) mass is 689 g/mol. The first-order valence-corrected chi connectivity index (χ1v) is 19.9. The van der Waals surface area contributed by atoms with E-state index in [-0.39, 0.29) is 12.3 Å². The average Bonchev–Trinajstić information content (AvgIpc) is 3.06. The van der Waals surface area contributed by atoms with Gasteiger partial charge in [-0.05, 0) is 12.8 Å². The maximum Gasteiger partial charge on any atom is 0.243 e. The number of aliphatic hydroxyl groups is 4. The van der Waals surface area contributed by atoms with Crippen LogP contribution in [-0.2, 0) is 14.3 Å². The number of rotatable bonds is 30. The lowest BCUT2D eigenvalue weighted by Crippen LogP contribution is -2.65. The zero-order valence-electron chi connectivity index (χ0n) is 29.9. The Balaban J connectivity index is 2.51. The Morgan fingerprint density at radius 3 is 1.51 bits per heavy atom. The summed E-state index contributed by atoms with van der Waals surface area (Å²) in [7, 11) is 0. The van der Waals surface area contributed by atoms with Crippen molar-refractivity contribution in [3.63, 3.8) is 0 Å². The number of hydrogen-bond donors (Lipinski definition) is 7. The summed E-state index contributed by atoms with van der Waals surface area (Å²) in [4.78, 5) is 26.3. The fourth-order valence-electron chi connectivity index (χ4n) is 6.39. The second kappa shape index (κ2) is 28.9. The molecule has 1 saturated heterocycles. The highest BCUT2D eigenvalue weighted by Gasteiger charge is 2.48. The predicted molar refractivity (Wildman–Crippen MR) is 194 cm³/mol. The first-order valence-electron chi connectivity index (χ1n) is 19.3. The van der Waals surface area contributed by atoms with Gasteiger partial charge in [-0.15, -0.1) is 0 Å². The van der Waals surface area contributed by atoms with E-state index in [1.165, 1.54) is 103 Å². The molecule has 0 bridgehead atoms. The average molecular weight is 689 g/mol. The molecule has 0 aromatic rings. The number of amides is 2. The van der Waals surface area contributed by atoms with Gasteiger partial charge in [0.15, 0.2) is 0 Å². The Labute approximate surface area is 292 Å². The topological polar surface area (TPSA) is 148 Å². The third-order valence-corrected chi connectivity index (χ3v) is 10.1. The van der Waals surface area contributed by atoms with Gasteiger partial charge in [0, 0.05) is 13.0 Å². The number of ether oxygens (including phenoxy) is 1. The molecule has 1 aliphatic rings. The van der Waals surface area contributed by atoms with Crippen molar-refractivity contribution < 1.29 is 34.8 Å². The number of carbonyl (C=O) groups is 2. The van der Waals surface area contributed by atoms with Gasteiger partial charge in [0.25, 0.3) is 0 Å². The van der Waals surface area contributed by atoms with E-state index in [0.29, 0.717) is 13.0 Å². The molecule has 2 amide bonds. The molecule has 1 unspecified atom stereocenters. The van der Waals surface area contributed by atoms with Crippen molar-refractivity contribution in [1.82, 2.24) is 10.6 Å². The summed E-state index contributed by atoms with van der Waals surface area (Å²) in [6, 6.07) is -1.13. The largest absolute Gasteiger partial charge is 0.394 e. The maximum atomic E-state index is 13.4. The zero-order valence-corrected chi connectivity index (χ0v) is 30.8. The van der Waals surface area contributed by atoms with E-state index in [9.17, 15) is 30.0 Å². The Kier molecular flexibility index (Phi) is 27.1. The van der Waals surface area contributed by atoms with Gasteiger partial charge in [-0.2, -0.15) is 12.6 Å². The molecule has 1 rings (SSSR count). The molecule has 1 heterocycles. The van der Waals surface area contributed by atoms with E-state index >= 15 is 0 Å². The Bertz CT molecular complexity index is 775. The van der Waals surface area contributed by atoms with Gasteiger partial charge in [0.1, 0.15) is 36.6 Å². The molecule has 10 heteroatoms. The van der Waals surface area contributed by atoms with Crippen molar-refractivity contribution in [2.75, 3.05) is 13.2 Å². The Morgan fingerprint density at radius 2 is 1.06 bits per heavy atom. The molecule has 9 nitrogen and oxygen atoms in total. The van der Waals surface area contributed by atoms with E-state index in [1.54, 1.807) is 0 Å². The normalized spacial score (nSPS) is 22.6. The third kappa shape index (κ3) is 19.8. The maximum absolute atomic E-state index is 13.4. The molecule has 0 aromatic heterocycles. The summed E-state index contributed by atoms with van der Waals surface area (Å²) < 4.78 is 5.68. The van der Waals surface area contributed by atoms with Crippen LogP contribution in [0.1, 0.15) is 168 Å². The lowest BCUT2D eigenvalue weighted by molar-refractivity contribution is -0.229. The predicted octanol–water partition coefficient (Wildman–Crippen LogP) is 6.13. The van der Waals surface area contributed by atoms with Crippen LogP contribution >= 0.6 is 12.6 Å². The Hall–Kier alpha value is -0.910. The van der Waals surface area contributed by atoms with Crippen LogP contribution in [0.15, 0.2) is 0 Å². The molecule has 1 aliphatic heterocycles. The van der Waals surface area contributed by atoms with Gasteiger partial charge in [-0.1, -0.05) is 149 Å². The standard InChI is InChI=1S/C37H72N2O7S/c1-3-5-7-9-11-13-15-17-19-21-23-25-27-38-37(45)31(36(47)35-34(44)33(43)32(42)29(28-40)46-35)39-30(41)26-24-22-20-18-16-14-12-10-8-6-4-2/h29,31-36,40,42-44,47H,3-28H2,1-2H3,(H,38,45)(H,39,41)/t29-,31+,32+,33+,34-,35-,36?/m1/s1. The Morgan fingerprint density at radius 1 is 0.638 bits per heavy atom. The van der Waals surface area contributed by atoms with E-state index in [1.807, 2.05) is 0 Å². The number of hydrogen-bond acceptors (Lipinski definition) is 8. The number of unbranched alkanes of at least 4 members (excludes halogenated alkanes) is 21. The van der Waals surface area contributed by atoms with Crippen LogP contribution in [0.3, 0.4) is 0 Å². The van der Waals surface area contributed by atoms with Crippen LogP contribution in [-0.4, -0.2) is 87.2 Å². The summed E-state index contributed by atoms with van der Waals surface area (Å²) in [5, 5.41) is 45.5. The van der Waals surface area contributed by atoms with E-state index in [4.69, 9.17) is 4.74 Å². The molecule has 0 saturated carbocycles. The van der Waals surface area contributed by atoms with Crippen molar-refractivity contribution in [1.29, 1.82) is 0 Å². The molecule has 278 valence electrons. The number of aliphatic hydroxyl groups excluding tert-OH is 4. The van der Waals surface area contributed by atoms with E-state index < -0.39 is 54.3 Å². The zero-order chi connectivity index (χ0) is 34.7. The van der Waals surface area contributed by atoms with E-state index in [0.717, 1.165) is 38.5 Å². The summed E-state index contributed by atoms with van der Waals surface area (Å²) in [6.45, 7) is 4.34. The number of nitrogens with one attached hydrogen (secondary N) is 2. The van der Waals surface area contributed by atoms with Crippen LogP contribution < -0.4 is 10.6 Å². The molecule has 0 spiro atoms. The highest BCUT2D eigenvalue weighted by Crippen LogP contribution is 2.27. The summed E-state index contributed by atoms with van der Waals surface area (Å²) in [6.07, 6.45) is 20.8.